The number of methoxy groups -OCH3 is 3. The highest BCUT2D eigenvalue weighted by Gasteiger charge is 2.35. The summed E-state index contributed by atoms with van der Waals surface area (Å²) in [5.74, 6) is -0.267. The molecule has 1 N–H and O–H groups in total. The number of nitrogens with one attached hydrogen (secondary N) is 1. The summed E-state index contributed by atoms with van der Waals surface area (Å²) in [7, 11) is -0.234. The maximum Gasteiger partial charge on any atom is 0.265 e. The van der Waals surface area contributed by atoms with Gasteiger partial charge in [0.15, 0.2) is 11.5 Å². The van der Waals surface area contributed by atoms with E-state index in [-0.39, 0.29) is 39.6 Å². The fourth-order valence-corrected chi connectivity index (χ4v) is 6.41. The summed E-state index contributed by atoms with van der Waals surface area (Å²) in [6.45, 7) is 3.63. The number of carbonyl (C=O) groups excluding carboxylic acids is 2. The highest BCUT2D eigenvalue weighted by atomic mass is 35.5. The molecular weight excluding hydrogens is 641 g/mol. The van der Waals surface area contributed by atoms with Crippen LogP contribution in [0, 0.1) is 0 Å². The summed E-state index contributed by atoms with van der Waals surface area (Å²) >= 11 is 12.4. The van der Waals surface area contributed by atoms with E-state index in [2.05, 4.69) is 5.32 Å². The lowest BCUT2D eigenvalue weighted by molar-refractivity contribution is -0.140. The van der Waals surface area contributed by atoms with Gasteiger partial charge < -0.3 is 24.4 Å². The van der Waals surface area contributed by atoms with E-state index in [4.69, 9.17) is 37.4 Å². The Labute approximate surface area is 275 Å². The smallest absolute Gasteiger partial charge is 0.265 e. The average Bonchev–Trinajstić information content (AvgIpc) is 3.03. The van der Waals surface area contributed by atoms with E-state index in [0.29, 0.717) is 29.3 Å². The van der Waals surface area contributed by atoms with Crippen molar-refractivity contribution in [2.24, 2.45) is 0 Å². The number of amides is 2. The minimum atomic E-state index is -4.44. The molecule has 45 heavy (non-hydrogen) atoms. The third-order valence-corrected chi connectivity index (χ3v) is 9.36. The van der Waals surface area contributed by atoms with Crippen LogP contribution in [0.1, 0.15) is 38.7 Å². The number of halogens is 2. The first kappa shape index (κ1) is 35.8. The first-order valence-electron chi connectivity index (χ1n) is 14.4. The van der Waals surface area contributed by atoms with Gasteiger partial charge in [-0.3, -0.25) is 13.9 Å². The van der Waals surface area contributed by atoms with Gasteiger partial charge in [0.25, 0.3) is 10.0 Å². The molecule has 0 aliphatic carbocycles. The molecule has 2 amide bonds. The third-order valence-electron chi connectivity index (χ3n) is 7.11. The fourth-order valence-electron chi connectivity index (χ4n) is 4.69. The minimum Gasteiger partial charge on any atom is -0.495 e. The van der Waals surface area contributed by atoms with E-state index in [0.717, 1.165) is 17.1 Å². The highest BCUT2D eigenvalue weighted by molar-refractivity contribution is 7.92. The third kappa shape index (κ3) is 8.96. The standard InChI is InChI=1S/C32H39Cl2N3O7S/c1-6-8-17-35-32(39)26(7-2)36(20-22-9-11-23(33)12-10-22)31(38)21-37(27-18-24(34)13-15-28(27)42-3)45(40,41)25-14-16-29(43-4)30(19-25)44-5/h9-16,18-19,26H,6-8,17,20-21H2,1-5H3,(H,35,39)/t26-/m0/s1. The number of nitrogens with zero attached hydrogens (tertiary/aromatic N) is 2. The average molecular weight is 681 g/mol. The molecule has 0 saturated carbocycles. The Kier molecular flexibility index (Phi) is 13.2. The predicted octanol–water partition coefficient (Wildman–Crippen LogP) is 5.94. The maximum absolute atomic E-state index is 14.3. The van der Waals surface area contributed by atoms with Crippen LogP contribution in [-0.2, 0) is 26.2 Å². The van der Waals surface area contributed by atoms with Crippen molar-refractivity contribution in [3.05, 3.63) is 76.3 Å². The summed E-state index contributed by atoms with van der Waals surface area (Å²) in [6, 6.07) is 14.6. The Morgan fingerprint density at radius 3 is 2.07 bits per heavy atom. The van der Waals surface area contributed by atoms with Crippen LogP contribution in [0.4, 0.5) is 5.69 Å². The number of rotatable bonds is 16. The van der Waals surface area contributed by atoms with Crippen LogP contribution in [0.2, 0.25) is 10.0 Å². The Bertz CT molecular complexity index is 1570. The van der Waals surface area contributed by atoms with Crippen LogP contribution < -0.4 is 23.8 Å². The van der Waals surface area contributed by atoms with Gasteiger partial charge in [-0.2, -0.15) is 0 Å². The summed E-state index contributed by atoms with van der Waals surface area (Å²) in [5.41, 5.74) is 0.752. The van der Waals surface area contributed by atoms with E-state index in [1.807, 2.05) is 6.92 Å². The molecule has 0 radical (unpaired) electrons. The number of sulfonamides is 1. The highest BCUT2D eigenvalue weighted by Crippen LogP contribution is 2.37. The number of hydrogen-bond acceptors (Lipinski definition) is 7. The van der Waals surface area contributed by atoms with Gasteiger partial charge in [-0.15, -0.1) is 0 Å². The zero-order chi connectivity index (χ0) is 33.1. The fraction of sp³-hybridized carbons (Fsp3) is 0.375. The van der Waals surface area contributed by atoms with Crippen molar-refractivity contribution in [1.29, 1.82) is 0 Å². The van der Waals surface area contributed by atoms with Crippen LogP contribution in [-0.4, -0.2) is 65.6 Å². The van der Waals surface area contributed by atoms with Crippen molar-refractivity contribution in [3.8, 4) is 17.2 Å². The van der Waals surface area contributed by atoms with Crippen molar-refractivity contribution >= 4 is 50.7 Å². The lowest BCUT2D eigenvalue weighted by Gasteiger charge is -2.33. The van der Waals surface area contributed by atoms with Gasteiger partial charge in [-0.1, -0.05) is 55.6 Å². The molecule has 3 aromatic carbocycles. The molecule has 0 fully saturated rings. The predicted molar refractivity (Wildman–Crippen MR) is 176 cm³/mol. The molecule has 10 nitrogen and oxygen atoms in total. The van der Waals surface area contributed by atoms with Crippen LogP contribution in [0.25, 0.3) is 0 Å². The van der Waals surface area contributed by atoms with Crippen molar-refractivity contribution in [2.75, 3.05) is 38.7 Å². The van der Waals surface area contributed by atoms with Crippen LogP contribution in [0.5, 0.6) is 17.2 Å². The molecule has 0 bridgehead atoms. The molecule has 0 spiro atoms. The van der Waals surface area contributed by atoms with E-state index in [9.17, 15) is 18.0 Å². The van der Waals surface area contributed by atoms with Crippen molar-refractivity contribution in [2.45, 2.75) is 50.6 Å². The Balaban J connectivity index is 2.15. The summed E-state index contributed by atoms with van der Waals surface area (Å²) in [5, 5.41) is 3.65. The van der Waals surface area contributed by atoms with E-state index in [1.54, 1.807) is 37.3 Å². The molecule has 0 aromatic heterocycles. The summed E-state index contributed by atoms with van der Waals surface area (Å²) in [6.07, 6.45) is 1.95. The number of unbranched alkanes of at least 4 members (excludes halogenated alkanes) is 1. The molecule has 0 aliphatic rings. The number of hydrogen-bond donors (Lipinski definition) is 1. The van der Waals surface area contributed by atoms with E-state index >= 15 is 0 Å². The van der Waals surface area contributed by atoms with E-state index in [1.165, 1.54) is 56.6 Å². The van der Waals surface area contributed by atoms with Crippen molar-refractivity contribution in [3.63, 3.8) is 0 Å². The molecule has 3 aromatic rings. The molecule has 0 heterocycles. The zero-order valence-corrected chi connectivity index (χ0v) is 28.3. The molecule has 13 heteroatoms. The molecule has 0 saturated heterocycles. The van der Waals surface area contributed by atoms with Gasteiger partial charge in [-0.25, -0.2) is 8.42 Å². The molecular formula is C32H39Cl2N3O7S. The van der Waals surface area contributed by atoms with Gasteiger partial charge in [0, 0.05) is 29.2 Å². The van der Waals surface area contributed by atoms with E-state index < -0.39 is 28.5 Å². The summed E-state index contributed by atoms with van der Waals surface area (Å²) in [4.78, 5) is 28.9. The topological polar surface area (TPSA) is 114 Å². The first-order chi connectivity index (χ1) is 21.5. The molecule has 1 atom stereocenters. The van der Waals surface area contributed by atoms with Gasteiger partial charge >= 0.3 is 0 Å². The van der Waals surface area contributed by atoms with Gasteiger partial charge in [0.1, 0.15) is 18.3 Å². The zero-order valence-electron chi connectivity index (χ0n) is 26.0. The lowest BCUT2D eigenvalue weighted by atomic mass is 10.1. The quantitative estimate of drug-likeness (QED) is 0.186. The van der Waals surface area contributed by atoms with Gasteiger partial charge in [0.05, 0.1) is 31.9 Å². The maximum atomic E-state index is 14.3. The second kappa shape index (κ2) is 16.6. The second-order valence-corrected chi connectivity index (χ2v) is 12.8. The Morgan fingerprint density at radius 1 is 0.844 bits per heavy atom. The van der Waals surface area contributed by atoms with Crippen molar-refractivity contribution < 1.29 is 32.2 Å². The molecule has 0 aliphatic heterocycles. The number of carbonyl (C=O) groups is 2. The second-order valence-electron chi connectivity index (χ2n) is 10.1. The van der Waals surface area contributed by atoms with Crippen LogP contribution in [0.15, 0.2) is 65.6 Å². The molecule has 0 unspecified atom stereocenters. The van der Waals surface area contributed by atoms with Gasteiger partial charge in [0.2, 0.25) is 11.8 Å². The number of anilines is 1. The minimum absolute atomic E-state index is 0.0344. The Morgan fingerprint density at radius 2 is 1.47 bits per heavy atom. The van der Waals surface area contributed by atoms with Gasteiger partial charge in [-0.05, 0) is 60.9 Å². The Hall–Kier alpha value is -3.67. The first-order valence-corrected chi connectivity index (χ1v) is 16.6. The molecule has 244 valence electrons. The van der Waals surface area contributed by atoms with Crippen LogP contribution in [0.3, 0.4) is 0 Å². The SMILES string of the molecule is CCCCNC(=O)[C@H](CC)N(Cc1ccc(Cl)cc1)C(=O)CN(c1cc(Cl)ccc1OC)S(=O)(=O)c1ccc(OC)c(OC)c1. The lowest BCUT2D eigenvalue weighted by Crippen LogP contribution is -2.52. The van der Waals surface area contributed by atoms with Crippen molar-refractivity contribution in [1.82, 2.24) is 10.2 Å². The monoisotopic (exact) mass is 679 g/mol. The number of benzene rings is 3. The molecule has 3 rings (SSSR count). The summed E-state index contributed by atoms with van der Waals surface area (Å²) < 4.78 is 45.7. The largest absolute Gasteiger partial charge is 0.495 e. The normalized spacial score (nSPS) is 11.8. The van der Waals surface area contributed by atoms with Crippen LogP contribution >= 0.6 is 23.2 Å². The number of ether oxygens (including phenoxy) is 3.